The van der Waals surface area contributed by atoms with Crippen LogP contribution in [0.25, 0.3) is 0 Å². The third-order valence-electron chi connectivity index (χ3n) is 11.4. The smallest absolute Gasteiger partial charge is 0.308 e. The molecule has 4 aliphatic carbocycles. The number of allylic oxidation sites excluding steroid dienone is 3. The molecule has 0 aromatic rings. The molecule has 4 aliphatic rings. The fourth-order valence-electron chi connectivity index (χ4n) is 8.97. The Morgan fingerprint density at radius 1 is 1.11 bits per heavy atom. The maximum atomic E-state index is 14.1. The topological polar surface area (TPSA) is 118 Å². The molecule has 0 aliphatic heterocycles. The molecule has 0 amide bonds. The van der Waals surface area contributed by atoms with Gasteiger partial charge < -0.3 is 14.9 Å². The molecule has 2 saturated carbocycles. The Kier molecular flexibility index (Phi) is 7.01. The first-order valence-electron chi connectivity index (χ1n) is 13.9. The number of rotatable bonds is 5. The molecule has 2 fully saturated rings. The van der Waals surface area contributed by atoms with Crippen molar-refractivity contribution in [2.75, 3.05) is 7.11 Å². The van der Waals surface area contributed by atoms with E-state index in [9.17, 15) is 29.4 Å². The number of fused-ring (bicyclic) bond motifs is 4. The van der Waals surface area contributed by atoms with Crippen LogP contribution in [0.4, 0.5) is 0 Å². The quantitative estimate of drug-likeness (QED) is 0.407. The Hall–Kier alpha value is -2.12. The van der Waals surface area contributed by atoms with Gasteiger partial charge in [0.2, 0.25) is 0 Å². The summed E-state index contributed by atoms with van der Waals surface area (Å²) in [7, 11) is 1.30. The van der Waals surface area contributed by atoms with E-state index >= 15 is 0 Å². The van der Waals surface area contributed by atoms with E-state index in [0.717, 1.165) is 5.57 Å². The van der Waals surface area contributed by atoms with Crippen LogP contribution < -0.4 is 0 Å². The number of aliphatic hydroxyl groups is 2. The van der Waals surface area contributed by atoms with E-state index in [2.05, 4.69) is 6.92 Å². The number of esters is 1. The highest BCUT2D eigenvalue weighted by Crippen LogP contribution is 2.71. The maximum Gasteiger partial charge on any atom is 0.308 e. The fourth-order valence-corrected chi connectivity index (χ4v) is 8.97. The third-order valence-corrected chi connectivity index (χ3v) is 11.4. The van der Waals surface area contributed by atoms with Crippen LogP contribution >= 0.6 is 0 Å². The number of carbonyl (C=O) groups is 4. The molecule has 7 heteroatoms. The second kappa shape index (κ2) is 9.22. The zero-order valence-corrected chi connectivity index (χ0v) is 24.1. The van der Waals surface area contributed by atoms with Gasteiger partial charge in [0.1, 0.15) is 5.78 Å². The summed E-state index contributed by atoms with van der Waals surface area (Å²) >= 11 is 0. The van der Waals surface area contributed by atoms with Gasteiger partial charge in [-0.15, -0.1) is 0 Å². The Morgan fingerprint density at radius 3 is 2.34 bits per heavy atom. The first kappa shape index (κ1) is 28.9. The van der Waals surface area contributed by atoms with Crippen LogP contribution in [0.15, 0.2) is 22.8 Å². The molecule has 1 unspecified atom stereocenters. The van der Waals surface area contributed by atoms with Gasteiger partial charge in [-0.2, -0.15) is 0 Å². The molecule has 0 radical (unpaired) electrons. The number of hydrogen-bond acceptors (Lipinski definition) is 7. The molecular formula is C31H44O7. The molecule has 0 spiro atoms. The summed E-state index contributed by atoms with van der Waals surface area (Å²) in [5.74, 6) is -1.46. The van der Waals surface area contributed by atoms with E-state index in [4.69, 9.17) is 4.74 Å². The van der Waals surface area contributed by atoms with Crippen LogP contribution in [0.3, 0.4) is 0 Å². The summed E-state index contributed by atoms with van der Waals surface area (Å²) in [6.07, 6.45) is 1.74. The van der Waals surface area contributed by atoms with E-state index in [1.54, 1.807) is 13.0 Å². The summed E-state index contributed by atoms with van der Waals surface area (Å²) in [4.78, 5) is 51.5. The molecule has 0 heterocycles. The van der Waals surface area contributed by atoms with Crippen LogP contribution in [0.2, 0.25) is 0 Å². The Labute approximate surface area is 226 Å². The van der Waals surface area contributed by atoms with Crippen LogP contribution in [0.1, 0.15) is 87.0 Å². The highest BCUT2D eigenvalue weighted by atomic mass is 16.5. The lowest BCUT2D eigenvalue weighted by Gasteiger charge is -2.61. The normalized spacial score (nSPS) is 41.3. The van der Waals surface area contributed by atoms with Gasteiger partial charge in [-0.05, 0) is 55.1 Å². The number of ether oxygens (including phenoxy) is 1. The maximum absolute atomic E-state index is 14.1. The van der Waals surface area contributed by atoms with Gasteiger partial charge in [0.15, 0.2) is 11.6 Å². The lowest BCUT2D eigenvalue weighted by atomic mass is 9.42. The summed E-state index contributed by atoms with van der Waals surface area (Å²) in [6, 6.07) is 0. The van der Waals surface area contributed by atoms with E-state index in [1.807, 2.05) is 34.6 Å². The van der Waals surface area contributed by atoms with Crippen LogP contribution in [-0.2, 0) is 23.9 Å². The fraction of sp³-hybridized carbons (Fsp3) is 0.742. The van der Waals surface area contributed by atoms with Gasteiger partial charge >= 0.3 is 5.97 Å². The molecule has 210 valence electrons. The van der Waals surface area contributed by atoms with Gasteiger partial charge in [0.05, 0.1) is 25.2 Å². The summed E-state index contributed by atoms with van der Waals surface area (Å²) < 4.78 is 4.74. The standard InChI is InChI=1S/C31H44O7/c1-16(11-18(32)12-17(2)27(37)38-8)19-13-24(36)31(7)26-20(33)14-22-28(3,4)23(35)9-10-29(22,5)25(26)21(34)15-30(19,31)6/h11,17,19-20,22,24,33,36H,9-10,12-15H2,1-8H3/b16-11-/t17?,19-,20+,22+,24+,29+,30-,31+/m1/s1. The molecule has 8 atom stereocenters. The Morgan fingerprint density at radius 2 is 1.74 bits per heavy atom. The average molecular weight is 529 g/mol. The van der Waals surface area contributed by atoms with Crippen molar-refractivity contribution in [3.8, 4) is 0 Å². The van der Waals surface area contributed by atoms with Crippen molar-refractivity contribution >= 4 is 23.3 Å². The van der Waals surface area contributed by atoms with Gasteiger partial charge in [0, 0.05) is 41.1 Å². The van der Waals surface area contributed by atoms with Crippen molar-refractivity contribution in [2.45, 2.75) is 99.2 Å². The molecule has 7 nitrogen and oxygen atoms in total. The minimum Gasteiger partial charge on any atom is -0.469 e. The second-order valence-electron chi connectivity index (χ2n) is 13.7. The van der Waals surface area contributed by atoms with E-state index in [1.165, 1.54) is 7.11 Å². The van der Waals surface area contributed by atoms with E-state index in [0.29, 0.717) is 36.8 Å². The molecule has 0 bridgehead atoms. The summed E-state index contributed by atoms with van der Waals surface area (Å²) in [6.45, 7) is 13.4. The third kappa shape index (κ3) is 3.82. The van der Waals surface area contributed by atoms with Gasteiger partial charge in [-0.1, -0.05) is 47.1 Å². The predicted molar refractivity (Wildman–Crippen MR) is 142 cm³/mol. The van der Waals surface area contributed by atoms with E-state index in [-0.39, 0.29) is 42.0 Å². The van der Waals surface area contributed by atoms with Crippen molar-refractivity contribution < 1.29 is 34.1 Å². The van der Waals surface area contributed by atoms with Crippen LogP contribution in [0, 0.1) is 39.4 Å². The number of aliphatic hydroxyl groups excluding tert-OH is 2. The zero-order chi connectivity index (χ0) is 28.6. The highest BCUT2D eigenvalue weighted by molar-refractivity contribution is 6.01. The zero-order valence-electron chi connectivity index (χ0n) is 24.1. The number of Topliss-reactive ketones (excluding diaryl/α,β-unsaturated/α-hetero) is 2. The molecule has 2 N–H and O–H groups in total. The highest BCUT2D eigenvalue weighted by Gasteiger charge is 2.69. The summed E-state index contributed by atoms with van der Waals surface area (Å²) in [5.41, 5.74) is -0.714. The molecule has 0 aromatic carbocycles. The molecule has 4 rings (SSSR count). The number of methoxy groups -OCH3 is 1. The minimum absolute atomic E-state index is 0.0195. The Bertz CT molecular complexity index is 1140. The molecular weight excluding hydrogens is 484 g/mol. The number of hydrogen-bond donors (Lipinski definition) is 2. The van der Waals surface area contributed by atoms with Crippen molar-refractivity contribution in [1.29, 1.82) is 0 Å². The SMILES string of the molecule is COC(=O)C(C)CC(=O)/C=C(/C)[C@H]1C[C@H](O)[C@@]2(C)C3=C(C(=O)C[C@]12C)[C@@]1(C)CCC(=O)C(C)(C)[C@@H]1C[C@@H]3O. The Balaban J connectivity index is 1.77. The largest absolute Gasteiger partial charge is 0.469 e. The van der Waals surface area contributed by atoms with Crippen LogP contribution in [-0.4, -0.2) is 52.8 Å². The minimum atomic E-state index is -0.929. The lowest BCUT2D eigenvalue weighted by molar-refractivity contribution is -0.146. The number of carbonyl (C=O) groups excluding carboxylic acids is 4. The predicted octanol–water partition coefficient (Wildman–Crippen LogP) is 4.14. The molecule has 0 aromatic heterocycles. The van der Waals surface area contributed by atoms with Crippen molar-refractivity contribution in [3.63, 3.8) is 0 Å². The van der Waals surface area contributed by atoms with Crippen LogP contribution in [0.5, 0.6) is 0 Å². The number of ketones is 3. The van der Waals surface area contributed by atoms with Gasteiger partial charge in [-0.3, -0.25) is 19.2 Å². The van der Waals surface area contributed by atoms with Gasteiger partial charge in [0.25, 0.3) is 0 Å². The lowest BCUT2D eigenvalue weighted by Crippen LogP contribution is -2.60. The molecule has 38 heavy (non-hydrogen) atoms. The summed E-state index contributed by atoms with van der Waals surface area (Å²) in [5, 5.41) is 23.3. The monoisotopic (exact) mass is 528 g/mol. The van der Waals surface area contributed by atoms with Crippen molar-refractivity contribution in [1.82, 2.24) is 0 Å². The van der Waals surface area contributed by atoms with Gasteiger partial charge in [-0.25, -0.2) is 0 Å². The average Bonchev–Trinajstić information content (AvgIpc) is 3.03. The first-order valence-corrected chi connectivity index (χ1v) is 13.9. The van der Waals surface area contributed by atoms with E-state index < -0.39 is 45.8 Å². The first-order chi connectivity index (χ1) is 17.5. The second-order valence-corrected chi connectivity index (χ2v) is 13.7. The van der Waals surface area contributed by atoms with Crippen molar-refractivity contribution in [2.24, 2.45) is 39.4 Å². The van der Waals surface area contributed by atoms with Crippen molar-refractivity contribution in [3.05, 3.63) is 22.8 Å². The molecule has 0 saturated heterocycles.